The first kappa shape index (κ1) is 18.0. The van der Waals surface area contributed by atoms with E-state index in [4.69, 9.17) is 4.74 Å². The van der Waals surface area contributed by atoms with Crippen molar-refractivity contribution in [3.8, 4) is 0 Å². The molecule has 1 aliphatic heterocycles. The van der Waals surface area contributed by atoms with E-state index in [0.717, 1.165) is 12.0 Å². The first-order valence-corrected chi connectivity index (χ1v) is 10.2. The number of fused-ring (bicyclic) bond motifs is 6. The molecule has 0 amide bonds. The van der Waals surface area contributed by atoms with E-state index in [0.29, 0.717) is 32.1 Å². The molecule has 4 fully saturated rings. The van der Waals surface area contributed by atoms with Crippen LogP contribution in [0.4, 0.5) is 0 Å². The van der Waals surface area contributed by atoms with E-state index in [2.05, 4.69) is 6.92 Å². The van der Waals surface area contributed by atoms with Crippen molar-refractivity contribution in [3.05, 3.63) is 11.6 Å². The summed E-state index contributed by atoms with van der Waals surface area (Å²) in [6, 6.07) is 0. The molecule has 2 bridgehead atoms. The van der Waals surface area contributed by atoms with Crippen molar-refractivity contribution in [1.82, 2.24) is 0 Å². The maximum atomic E-state index is 12.4. The minimum absolute atomic E-state index is 0.0759. The van der Waals surface area contributed by atoms with Crippen molar-refractivity contribution in [2.75, 3.05) is 6.61 Å². The molecule has 5 aliphatic rings. The third kappa shape index (κ3) is 2.10. The lowest BCUT2D eigenvalue weighted by molar-refractivity contribution is -0.160. The standard InChI is InChI=1S/C21H28O6/c1-20-5-4-10(23)6-14(20)15(24)7-11-12-2-3-13(16(25)9-22)21(12)8-17(18(11)20)27-19(21)26/h6,11-13,15,17-19,22,24,26H,2-5,7-9H2,1H3/t11-,12-,13+,15+,17-,18+,19?,20-,21+/m0/s1. The van der Waals surface area contributed by atoms with Crippen molar-refractivity contribution in [2.45, 2.75) is 63.9 Å². The second kappa shape index (κ2) is 5.72. The van der Waals surface area contributed by atoms with Crippen LogP contribution in [0.1, 0.15) is 45.4 Å². The molecule has 1 spiro atoms. The molecule has 27 heavy (non-hydrogen) atoms. The Balaban J connectivity index is 1.60. The highest BCUT2D eigenvalue weighted by Gasteiger charge is 2.72. The van der Waals surface area contributed by atoms with Gasteiger partial charge in [0.05, 0.1) is 12.2 Å². The Hall–Kier alpha value is -1.08. The predicted octanol–water partition coefficient (Wildman–Crippen LogP) is 0.974. The highest BCUT2D eigenvalue weighted by Crippen LogP contribution is 2.71. The van der Waals surface area contributed by atoms with E-state index in [1.54, 1.807) is 6.08 Å². The van der Waals surface area contributed by atoms with Crippen LogP contribution >= 0.6 is 0 Å². The van der Waals surface area contributed by atoms with Crippen LogP contribution in [0.3, 0.4) is 0 Å². The number of Topliss-reactive ketones (excluding diaryl/α,β-unsaturated/α-hetero) is 1. The van der Waals surface area contributed by atoms with Gasteiger partial charge in [-0.15, -0.1) is 0 Å². The lowest BCUT2D eigenvalue weighted by Crippen LogP contribution is -2.58. The smallest absolute Gasteiger partial charge is 0.162 e. The Morgan fingerprint density at radius 3 is 2.85 bits per heavy atom. The van der Waals surface area contributed by atoms with Crippen molar-refractivity contribution < 1.29 is 29.6 Å². The largest absolute Gasteiger partial charge is 0.389 e. The minimum Gasteiger partial charge on any atom is -0.389 e. The predicted molar refractivity (Wildman–Crippen MR) is 94.3 cm³/mol. The molecular formula is C21H28O6. The monoisotopic (exact) mass is 376 g/mol. The zero-order valence-electron chi connectivity index (χ0n) is 15.6. The van der Waals surface area contributed by atoms with Crippen molar-refractivity contribution in [3.63, 3.8) is 0 Å². The van der Waals surface area contributed by atoms with Gasteiger partial charge in [0.1, 0.15) is 6.61 Å². The number of aliphatic hydroxyl groups is 3. The molecule has 6 heteroatoms. The summed E-state index contributed by atoms with van der Waals surface area (Å²) < 4.78 is 6.09. The Morgan fingerprint density at radius 1 is 1.33 bits per heavy atom. The van der Waals surface area contributed by atoms with E-state index in [9.17, 15) is 24.9 Å². The highest BCUT2D eigenvalue weighted by atomic mass is 16.6. The second-order valence-electron chi connectivity index (χ2n) is 9.63. The van der Waals surface area contributed by atoms with Crippen LogP contribution in [0.2, 0.25) is 0 Å². The fourth-order valence-electron chi connectivity index (χ4n) is 7.85. The molecule has 3 N–H and O–H groups in total. The number of rotatable bonds is 2. The topological polar surface area (TPSA) is 104 Å². The molecule has 5 rings (SSSR count). The van der Waals surface area contributed by atoms with E-state index in [-0.39, 0.29) is 46.8 Å². The third-order valence-corrected chi connectivity index (χ3v) is 8.80. The normalized spacial score (nSPS) is 53.4. The number of hydrogen-bond donors (Lipinski definition) is 3. The molecule has 1 unspecified atom stereocenters. The zero-order valence-corrected chi connectivity index (χ0v) is 15.6. The number of hydrogen-bond acceptors (Lipinski definition) is 6. The Morgan fingerprint density at radius 2 is 2.11 bits per heavy atom. The summed E-state index contributed by atoms with van der Waals surface area (Å²) in [7, 11) is 0. The quantitative estimate of drug-likeness (QED) is 0.664. The van der Waals surface area contributed by atoms with E-state index in [1.807, 2.05) is 0 Å². The lowest BCUT2D eigenvalue weighted by Gasteiger charge is -2.58. The van der Waals surface area contributed by atoms with Gasteiger partial charge in [0, 0.05) is 17.8 Å². The molecule has 1 saturated heterocycles. The Labute approximate surface area is 158 Å². The summed E-state index contributed by atoms with van der Waals surface area (Å²) in [4.78, 5) is 24.4. The number of carbonyl (C=O) groups is 2. The second-order valence-corrected chi connectivity index (χ2v) is 9.63. The number of aliphatic hydroxyl groups excluding tert-OH is 3. The molecule has 0 aromatic rings. The fourth-order valence-corrected chi connectivity index (χ4v) is 7.85. The summed E-state index contributed by atoms with van der Waals surface area (Å²) in [5.74, 6) is -0.107. The van der Waals surface area contributed by atoms with Crippen molar-refractivity contribution in [2.24, 2.45) is 34.5 Å². The van der Waals surface area contributed by atoms with E-state index in [1.165, 1.54) is 0 Å². The van der Waals surface area contributed by atoms with Gasteiger partial charge >= 0.3 is 0 Å². The average molecular weight is 376 g/mol. The van der Waals surface area contributed by atoms with Crippen LogP contribution in [0.15, 0.2) is 11.6 Å². The molecule has 1 heterocycles. The molecule has 0 radical (unpaired) electrons. The van der Waals surface area contributed by atoms with Crippen molar-refractivity contribution in [1.29, 1.82) is 0 Å². The molecule has 148 valence electrons. The zero-order chi connectivity index (χ0) is 19.1. The number of carbonyl (C=O) groups excluding carboxylic acids is 2. The summed E-state index contributed by atoms with van der Waals surface area (Å²) in [6.07, 6.45) is 3.64. The summed E-state index contributed by atoms with van der Waals surface area (Å²) >= 11 is 0. The summed E-state index contributed by atoms with van der Waals surface area (Å²) in [6.45, 7) is 1.64. The Bertz CT molecular complexity index is 730. The minimum atomic E-state index is -1.00. The van der Waals surface area contributed by atoms with Crippen LogP contribution in [0.25, 0.3) is 0 Å². The molecule has 6 nitrogen and oxygen atoms in total. The lowest BCUT2D eigenvalue weighted by atomic mass is 9.46. The van der Waals surface area contributed by atoms with Gasteiger partial charge in [-0.2, -0.15) is 0 Å². The van der Waals surface area contributed by atoms with Gasteiger partial charge in [0.15, 0.2) is 17.9 Å². The van der Waals surface area contributed by atoms with E-state index >= 15 is 0 Å². The van der Waals surface area contributed by atoms with Gasteiger partial charge in [-0.3, -0.25) is 9.59 Å². The summed E-state index contributed by atoms with van der Waals surface area (Å²) in [5, 5.41) is 31.3. The first-order valence-electron chi connectivity index (χ1n) is 10.2. The molecule has 0 aromatic carbocycles. The van der Waals surface area contributed by atoms with Crippen LogP contribution in [0.5, 0.6) is 0 Å². The molecular weight excluding hydrogens is 348 g/mol. The van der Waals surface area contributed by atoms with Crippen LogP contribution in [-0.2, 0) is 14.3 Å². The van der Waals surface area contributed by atoms with Gasteiger partial charge in [-0.1, -0.05) is 6.92 Å². The summed E-state index contributed by atoms with van der Waals surface area (Å²) in [5.41, 5.74) is -0.109. The molecule has 3 saturated carbocycles. The number of ketones is 2. The Kier molecular flexibility index (Phi) is 3.81. The fraction of sp³-hybridized carbons (Fsp3) is 0.810. The van der Waals surface area contributed by atoms with E-state index < -0.39 is 24.4 Å². The average Bonchev–Trinajstić information content (AvgIpc) is 3.15. The maximum Gasteiger partial charge on any atom is 0.162 e. The van der Waals surface area contributed by atoms with Gasteiger partial charge in [-0.25, -0.2) is 0 Å². The van der Waals surface area contributed by atoms with Crippen LogP contribution < -0.4 is 0 Å². The maximum absolute atomic E-state index is 12.4. The SMILES string of the molecule is C[C@]12CCC(=O)C=C1[C@H](O)C[C@@H]1[C@@H]2[C@@H]2C[C@]3(C(O)O2)[C@@H](C(=O)CO)CC[C@@H]13. The molecule has 0 aromatic heterocycles. The molecule has 4 aliphatic carbocycles. The van der Waals surface area contributed by atoms with Gasteiger partial charge in [0.2, 0.25) is 0 Å². The van der Waals surface area contributed by atoms with Gasteiger partial charge in [-0.05, 0) is 66.9 Å². The van der Waals surface area contributed by atoms with Crippen LogP contribution in [-0.4, -0.2) is 52.0 Å². The molecule has 9 atom stereocenters. The first-order chi connectivity index (χ1) is 12.8. The highest BCUT2D eigenvalue weighted by molar-refractivity contribution is 5.92. The third-order valence-electron chi connectivity index (χ3n) is 8.80. The van der Waals surface area contributed by atoms with Crippen molar-refractivity contribution >= 4 is 11.6 Å². The van der Waals surface area contributed by atoms with Gasteiger partial charge < -0.3 is 20.1 Å². The number of ether oxygens (including phenoxy) is 1. The van der Waals surface area contributed by atoms with Gasteiger partial charge in [0.25, 0.3) is 0 Å². The van der Waals surface area contributed by atoms with Crippen LogP contribution in [0, 0.1) is 34.5 Å².